The third-order valence-electron chi connectivity index (χ3n) is 3.10. The molecule has 2 rings (SSSR count). The molecule has 0 fully saturated rings. The smallest absolute Gasteiger partial charge is 0.324 e. The van der Waals surface area contributed by atoms with Crippen LogP contribution in [0.15, 0.2) is 47.4 Å². The van der Waals surface area contributed by atoms with Crippen molar-refractivity contribution in [1.82, 2.24) is 0 Å². The molecule has 0 heterocycles. The molecule has 0 spiro atoms. The summed E-state index contributed by atoms with van der Waals surface area (Å²) in [6.07, 6.45) is -4.81. The molecule has 3 N–H and O–H groups in total. The van der Waals surface area contributed by atoms with E-state index >= 15 is 0 Å². The van der Waals surface area contributed by atoms with Crippen molar-refractivity contribution in [2.24, 2.45) is 5.73 Å². The van der Waals surface area contributed by atoms with Crippen LogP contribution in [0.4, 0.5) is 17.6 Å². The van der Waals surface area contributed by atoms with Crippen LogP contribution in [0, 0.1) is 12.7 Å². The average Bonchev–Trinajstić information content (AvgIpc) is 2.53. The Bertz CT molecular complexity index is 878. The maximum Gasteiger partial charge on any atom is 0.419 e. The third kappa shape index (κ3) is 6.21. The highest BCUT2D eigenvalue weighted by atomic mass is 32.2. The van der Waals surface area contributed by atoms with E-state index in [2.05, 4.69) is 0 Å². The van der Waals surface area contributed by atoms with Crippen LogP contribution in [0.25, 0.3) is 0 Å². The number of aryl methyl sites for hydroxylation is 1. The molecule has 0 aliphatic carbocycles. The molecular formula is C16H15F4NO4S. The van der Waals surface area contributed by atoms with Gasteiger partial charge in [0.25, 0.3) is 10.1 Å². The summed E-state index contributed by atoms with van der Waals surface area (Å²) >= 11 is 0. The van der Waals surface area contributed by atoms with Crippen LogP contribution in [-0.2, 0) is 16.3 Å². The van der Waals surface area contributed by atoms with E-state index in [4.69, 9.17) is 10.3 Å². The molecule has 142 valence electrons. The fourth-order valence-corrected chi connectivity index (χ4v) is 2.22. The number of ketones is 1. The predicted molar refractivity (Wildman–Crippen MR) is 85.8 cm³/mol. The molecule has 0 amide bonds. The number of halogens is 4. The summed E-state index contributed by atoms with van der Waals surface area (Å²) in [7, 11) is -4.02. The second kappa shape index (κ2) is 8.39. The highest BCUT2D eigenvalue weighted by molar-refractivity contribution is 7.85. The maximum absolute atomic E-state index is 12.8. The Labute approximate surface area is 147 Å². The van der Waals surface area contributed by atoms with Gasteiger partial charge in [0.2, 0.25) is 0 Å². The van der Waals surface area contributed by atoms with Crippen molar-refractivity contribution < 1.29 is 35.3 Å². The number of nitrogens with two attached hydrogens (primary N) is 1. The van der Waals surface area contributed by atoms with Crippen LogP contribution in [0.2, 0.25) is 0 Å². The topological polar surface area (TPSA) is 97.5 Å². The summed E-state index contributed by atoms with van der Waals surface area (Å²) in [6.45, 7) is 1.43. The van der Waals surface area contributed by atoms with Crippen molar-refractivity contribution >= 4 is 15.9 Å². The highest BCUT2D eigenvalue weighted by Crippen LogP contribution is 2.31. The molecule has 0 saturated heterocycles. The Hall–Kier alpha value is -2.30. The molecule has 0 bridgehead atoms. The summed E-state index contributed by atoms with van der Waals surface area (Å²) < 4.78 is 79.0. The van der Waals surface area contributed by atoms with Crippen molar-refractivity contribution in [2.45, 2.75) is 18.0 Å². The van der Waals surface area contributed by atoms with E-state index in [1.165, 1.54) is 12.1 Å². The normalized spacial score (nSPS) is 11.5. The standard InChI is InChI=1S/C9H7F4NO.C7H8O3S/c10-7-2-1-5(8(15)4-14)3-6(7)9(11,12)13;1-6-2-4-7(5-3-6)11(8,9)10/h1-3H,4,14H2;2-5H,1H3,(H,8,9,10). The van der Waals surface area contributed by atoms with E-state index in [-0.39, 0.29) is 10.5 Å². The molecule has 2 aromatic rings. The van der Waals surface area contributed by atoms with Crippen molar-refractivity contribution in [3.63, 3.8) is 0 Å². The first kappa shape index (κ1) is 21.7. The van der Waals surface area contributed by atoms with Crippen molar-refractivity contribution in [2.75, 3.05) is 6.54 Å². The fourth-order valence-electron chi connectivity index (χ4n) is 1.74. The van der Waals surface area contributed by atoms with Gasteiger partial charge < -0.3 is 5.73 Å². The second-order valence-electron chi connectivity index (χ2n) is 5.11. The van der Waals surface area contributed by atoms with Crippen LogP contribution in [0.5, 0.6) is 0 Å². The van der Waals surface area contributed by atoms with Crippen LogP contribution >= 0.6 is 0 Å². The van der Waals surface area contributed by atoms with Gasteiger partial charge in [-0.3, -0.25) is 9.35 Å². The summed E-state index contributed by atoms with van der Waals surface area (Å²) in [5.74, 6) is -2.07. The molecule has 26 heavy (non-hydrogen) atoms. The first-order valence-electron chi connectivity index (χ1n) is 7.00. The number of carbonyl (C=O) groups is 1. The van der Waals surface area contributed by atoms with Gasteiger partial charge in [0.15, 0.2) is 5.78 Å². The number of rotatable bonds is 3. The minimum Gasteiger partial charge on any atom is -0.324 e. The number of carbonyl (C=O) groups excluding carboxylic acids is 1. The van der Waals surface area contributed by atoms with Gasteiger partial charge in [0, 0.05) is 5.56 Å². The second-order valence-corrected chi connectivity index (χ2v) is 6.53. The van der Waals surface area contributed by atoms with Crippen LogP contribution in [0.1, 0.15) is 21.5 Å². The Morgan fingerprint density at radius 3 is 2.08 bits per heavy atom. The fraction of sp³-hybridized carbons (Fsp3) is 0.188. The lowest BCUT2D eigenvalue weighted by atomic mass is 10.1. The number of alkyl halides is 3. The minimum atomic E-state index is -4.81. The lowest BCUT2D eigenvalue weighted by Gasteiger charge is -2.08. The Morgan fingerprint density at radius 2 is 1.65 bits per heavy atom. The monoisotopic (exact) mass is 393 g/mol. The van der Waals surface area contributed by atoms with Crippen LogP contribution < -0.4 is 5.73 Å². The van der Waals surface area contributed by atoms with Gasteiger partial charge in [-0.15, -0.1) is 0 Å². The van der Waals surface area contributed by atoms with Gasteiger partial charge in [-0.1, -0.05) is 17.7 Å². The summed E-state index contributed by atoms with van der Waals surface area (Å²) in [4.78, 5) is 10.9. The molecule has 2 aromatic carbocycles. The van der Waals surface area contributed by atoms with Gasteiger partial charge in [-0.25, -0.2) is 4.39 Å². The molecule has 0 aromatic heterocycles. The number of hydrogen-bond acceptors (Lipinski definition) is 4. The Kier molecular flexibility index (Phi) is 7.01. The van der Waals surface area contributed by atoms with Gasteiger partial charge in [-0.05, 0) is 37.3 Å². The van der Waals surface area contributed by atoms with Crippen molar-refractivity contribution in [1.29, 1.82) is 0 Å². The maximum atomic E-state index is 12.8. The van der Waals surface area contributed by atoms with Crippen molar-refractivity contribution in [3.05, 3.63) is 65.0 Å². The SMILES string of the molecule is Cc1ccc(S(=O)(=O)O)cc1.NCC(=O)c1ccc(F)c(C(F)(F)F)c1. The highest BCUT2D eigenvalue weighted by Gasteiger charge is 2.34. The van der Waals surface area contributed by atoms with E-state index in [9.17, 15) is 30.8 Å². The molecule has 0 aliphatic rings. The molecule has 5 nitrogen and oxygen atoms in total. The van der Waals surface area contributed by atoms with E-state index in [0.29, 0.717) is 12.1 Å². The predicted octanol–water partition coefficient (Wildman–Crippen LogP) is 3.23. The number of hydrogen-bond donors (Lipinski definition) is 2. The summed E-state index contributed by atoms with van der Waals surface area (Å²) in [6, 6.07) is 8.03. The lowest BCUT2D eigenvalue weighted by Crippen LogP contribution is -2.16. The lowest BCUT2D eigenvalue weighted by molar-refractivity contribution is -0.140. The quantitative estimate of drug-likeness (QED) is 0.474. The molecule has 0 unspecified atom stereocenters. The van der Waals surface area contributed by atoms with E-state index in [0.717, 1.165) is 11.6 Å². The number of Topliss-reactive ketones (excluding diaryl/α,β-unsaturated/α-hetero) is 1. The van der Waals surface area contributed by atoms with Crippen LogP contribution in [0.3, 0.4) is 0 Å². The zero-order chi connectivity index (χ0) is 20.1. The Balaban J connectivity index is 0.000000273. The van der Waals surface area contributed by atoms with Crippen LogP contribution in [-0.4, -0.2) is 25.3 Å². The van der Waals surface area contributed by atoms with Gasteiger partial charge >= 0.3 is 6.18 Å². The van der Waals surface area contributed by atoms with Crippen molar-refractivity contribution in [3.8, 4) is 0 Å². The third-order valence-corrected chi connectivity index (χ3v) is 3.97. The average molecular weight is 393 g/mol. The summed E-state index contributed by atoms with van der Waals surface area (Å²) in [5, 5.41) is 0. The Morgan fingerprint density at radius 1 is 1.12 bits per heavy atom. The van der Waals surface area contributed by atoms with Gasteiger partial charge in [-0.2, -0.15) is 21.6 Å². The van der Waals surface area contributed by atoms with E-state index in [1.807, 2.05) is 6.92 Å². The zero-order valence-electron chi connectivity index (χ0n) is 13.4. The van der Waals surface area contributed by atoms with E-state index < -0.39 is 40.0 Å². The zero-order valence-corrected chi connectivity index (χ0v) is 14.2. The molecule has 0 saturated carbocycles. The number of benzene rings is 2. The molecule has 0 aliphatic heterocycles. The molecule has 0 radical (unpaired) electrons. The largest absolute Gasteiger partial charge is 0.419 e. The molecular weight excluding hydrogens is 378 g/mol. The minimum absolute atomic E-state index is 0.0666. The van der Waals surface area contributed by atoms with Gasteiger partial charge in [0.1, 0.15) is 5.82 Å². The molecule has 10 heteroatoms. The van der Waals surface area contributed by atoms with Gasteiger partial charge in [0.05, 0.1) is 17.0 Å². The first-order valence-corrected chi connectivity index (χ1v) is 8.44. The molecule has 0 atom stereocenters. The summed E-state index contributed by atoms with van der Waals surface area (Å²) in [5.41, 5.74) is 4.23. The first-order chi connectivity index (χ1) is 11.9. The van der Waals surface area contributed by atoms with E-state index in [1.54, 1.807) is 12.1 Å².